The number of aromatic nitrogens is 3. The first-order chi connectivity index (χ1) is 10.3. The quantitative estimate of drug-likeness (QED) is 0.834. The van der Waals surface area contributed by atoms with Crippen molar-refractivity contribution in [1.82, 2.24) is 19.9 Å². The molecule has 0 aliphatic carbocycles. The summed E-state index contributed by atoms with van der Waals surface area (Å²) in [5.74, 6) is 1.24. The van der Waals surface area contributed by atoms with Gasteiger partial charge in [-0.25, -0.2) is 18.1 Å². The Morgan fingerprint density at radius 1 is 1.36 bits per heavy atom. The van der Waals surface area contributed by atoms with Crippen molar-refractivity contribution in [3.8, 4) is 5.75 Å². The Morgan fingerprint density at radius 2 is 2.09 bits per heavy atom. The molecule has 0 radical (unpaired) electrons. The van der Waals surface area contributed by atoms with Crippen molar-refractivity contribution in [2.75, 3.05) is 6.61 Å². The Labute approximate surface area is 134 Å². The second-order valence-electron chi connectivity index (χ2n) is 4.64. The maximum Gasteiger partial charge on any atom is 0.244 e. The van der Waals surface area contributed by atoms with Crippen LogP contribution in [0.2, 0.25) is 5.02 Å². The van der Waals surface area contributed by atoms with Gasteiger partial charge in [0.05, 0.1) is 13.2 Å². The van der Waals surface area contributed by atoms with E-state index in [1.54, 1.807) is 26.8 Å². The Kier molecular flexibility index (Phi) is 5.05. The van der Waals surface area contributed by atoms with Crippen molar-refractivity contribution in [3.05, 3.63) is 34.4 Å². The summed E-state index contributed by atoms with van der Waals surface area (Å²) in [6.45, 7) is 5.63. The van der Waals surface area contributed by atoms with Crippen molar-refractivity contribution in [1.29, 1.82) is 0 Å². The van der Waals surface area contributed by atoms with E-state index in [0.717, 1.165) is 5.56 Å². The number of aromatic amines is 1. The van der Waals surface area contributed by atoms with Gasteiger partial charge in [-0.05, 0) is 38.5 Å². The number of ether oxygens (including phenoxy) is 1. The van der Waals surface area contributed by atoms with Crippen molar-refractivity contribution in [2.24, 2.45) is 0 Å². The van der Waals surface area contributed by atoms with Gasteiger partial charge in [0.15, 0.2) is 5.82 Å². The van der Waals surface area contributed by atoms with Crippen LogP contribution in [0.3, 0.4) is 0 Å². The zero-order valence-electron chi connectivity index (χ0n) is 12.5. The number of nitrogens with zero attached hydrogens (tertiary/aromatic N) is 2. The van der Waals surface area contributed by atoms with E-state index in [2.05, 4.69) is 19.9 Å². The maximum atomic E-state index is 12.5. The third-order valence-electron chi connectivity index (χ3n) is 2.88. The number of benzene rings is 1. The lowest BCUT2D eigenvalue weighted by molar-refractivity contribution is 0.330. The van der Waals surface area contributed by atoms with Gasteiger partial charge >= 0.3 is 0 Å². The summed E-state index contributed by atoms with van der Waals surface area (Å²) >= 11 is 6.04. The standard InChI is InChI=1S/C13H17ClN4O3S/c1-4-21-11-5-8(2)10(14)6-12(11)22(19,20)15-7-13-16-9(3)17-18-13/h5-6,15H,4,7H2,1-3H3,(H,16,17,18). The van der Waals surface area contributed by atoms with E-state index in [0.29, 0.717) is 23.3 Å². The lowest BCUT2D eigenvalue weighted by atomic mass is 10.2. The number of H-pyrrole nitrogens is 1. The molecule has 0 bridgehead atoms. The molecule has 2 N–H and O–H groups in total. The van der Waals surface area contributed by atoms with Crippen molar-refractivity contribution >= 4 is 21.6 Å². The normalized spacial score (nSPS) is 11.6. The summed E-state index contributed by atoms with van der Waals surface area (Å²) in [7, 11) is -3.79. The minimum Gasteiger partial charge on any atom is -0.492 e. The molecule has 1 heterocycles. The highest BCUT2D eigenvalue weighted by Crippen LogP contribution is 2.30. The molecule has 0 aliphatic rings. The van der Waals surface area contributed by atoms with E-state index in [-0.39, 0.29) is 17.2 Å². The zero-order chi connectivity index (χ0) is 16.3. The average Bonchev–Trinajstić information content (AvgIpc) is 2.86. The van der Waals surface area contributed by atoms with Gasteiger partial charge in [0.25, 0.3) is 0 Å². The van der Waals surface area contributed by atoms with E-state index in [1.165, 1.54) is 6.07 Å². The van der Waals surface area contributed by atoms with Gasteiger partial charge in [0.1, 0.15) is 16.5 Å². The molecule has 0 saturated heterocycles. The SMILES string of the molecule is CCOc1cc(C)c(Cl)cc1S(=O)(=O)NCc1n[nH]c(C)n1. The first-order valence-electron chi connectivity index (χ1n) is 6.64. The van der Waals surface area contributed by atoms with Crippen LogP contribution in [0, 0.1) is 13.8 Å². The van der Waals surface area contributed by atoms with Crippen LogP contribution in [-0.4, -0.2) is 30.2 Å². The summed E-state index contributed by atoms with van der Waals surface area (Å²) in [6.07, 6.45) is 0. The fourth-order valence-electron chi connectivity index (χ4n) is 1.82. The fraction of sp³-hybridized carbons (Fsp3) is 0.385. The Morgan fingerprint density at radius 3 is 2.68 bits per heavy atom. The van der Waals surface area contributed by atoms with E-state index in [4.69, 9.17) is 16.3 Å². The van der Waals surface area contributed by atoms with Gasteiger partial charge in [-0.2, -0.15) is 5.10 Å². The average molecular weight is 345 g/mol. The van der Waals surface area contributed by atoms with Crippen molar-refractivity contribution < 1.29 is 13.2 Å². The Hall–Kier alpha value is -1.64. The number of aryl methyl sites for hydroxylation is 2. The number of sulfonamides is 1. The molecular formula is C13H17ClN4O3S. The Balaban J connectivity index is 2.29. The van der Waals surface area contributed by atoms with Gasteiger partial charge in [0.2, 0.25) is 10.0 Å². The van der Waals surface area contributed by atoms with Crippen molar-refractivity contribution in [2.45, 2.75) is 32.2 Å². The van der Waals surface area contributed by atoms with Gasteiger partial charge in [-0.15, -0.1) is 0 Å². The number of rotatable bonds is 6. The molecule has 0 spiro atoms. The van der Waals surface area contributed by atoms with Crippen molar-refractivity contribution in [3.63, 3.8) is 0 Å². The third kappa shape index (κ3) is 3.76. The molecule has 0 unspecified atom stereocenters. The van der Waals surface area contributed by atoms with Gasteiger partial charge < -0.3 is 4.74 Å². The summed E-state index contributed by atoms with van der Waals surface area (Å²) in [5.41, 5.74) is 0.744. The van der Waals surface area contributed by atoms with Crippen LogP contribution < -0.4 is 9.46 Å². The smallest absolute Gasteiger partial charge is 0.244 e. The van der Waals surface area contributed by atoms with Crippen LogP contribution in [0.15, 0.2) is 17.0 Å². The summed E-state index contributed by atoms with van der Waals surface area (Å²) in [5, 5.41) is 6.89. The minimum atomic E-state index is -3.79. The van der Waals surface area contributed by atoms with E-state index >= 15 is 0 Å². The van der Waals surface area contributed by atoms with E-state index in [1.807, 2.05) is 0 Å². The Bertz CT molecular complexity index is 774. The lowest BCUT2D eigenvalue weighted by Crippen LogP contribution is -2.24. The lowest BCUT2D eigenvalue weighted by Gasteiger charge is -2.13. The van der Waals surface area contributed by atoms with Gasteiger partial charge in [-0.1, -0.05) is 11.6 Å². The largest absolute Gasteiger partial charge is 0.492 e. The van der Waals surface area contributed by atoms with Gasteiger partial charge in [-0.3, -0.25) is 5.10 Å². The van der Waals surface area contributed by atoms with Crippen LogP contribution in [0.4, 0.5) is 0 Å². The third-order valence-corrected chi connectivity index (χ3v) is 4.71. The first kappa shape index (κ1) is 16.7. The monoisotopic (exact) mass is 344 g/mol. The molecule has 1 aromatic heterocycles. The molecule has 120 valence electrons. The summed E-state index contributed by atoms with van der Waals surface area (Å²) < 4.78 is 32.8. The zero-order valence-corrected chi connectivity index (χ0v) is 14.0. The summed E-state index contributed by atoms with van der Waals surface area (Å²) in [4.78, 5) is 4.04. The molecule has 0 aliphatic heterocycles. The van der Waals surface area contributed by atoms with Crippen LogP contribution in [0.5, 0.6) is 5.75 Å². The number of halogens is 1. The molecule has 2 rings (SSSR count). The van der Waals surface area contributed by atoms with Crippen LogP contribution in [0.25, 0.3) is 0 Å². The molecule has 0 fully saturated rings. The topological polar surface area (TPSA) is 97.0 Å². The van der Waals surface area contributed by atoms with Crippen LogP contribution in [-0.2, 0) is 16.6 Å². The highest BCUT2D eigenvalue weighted by Gasteiger charge is 2.21. The molecule has 2 aromatic rings. The molecular weight excluding hydrogens is 328 g/mol. The van der Waals surface area contributed by atoms with Gasteiger partial charge in [0, 0.05) is 5.02 Å². The molecule has 1 aromatic carbocycles. The fourth-order valence-corrected chi connectivity index (χ4v) is 3.18. The minimum absolute atomic E-state index is 0.00259. The van der Waals surface area contributed by atoms with E-state index in [9.17, 15) is 8.42 Å². The highest BCUT2D eigenvalue weighted by molar-refractivity contribution is 7.89. The molecule has 7 nitrogen and oxygen atoms in total. The predicted octanol–water partition coefficient (Wildman–Crippen LogP) is 1.95. The molecule has 22 heavy (non-hydrogen) atoms. The van der Waals surface area contributed by atoms with E-state index < -0.39 is 10.0 Å². The number of nitrogens with one attached hydrogen (secondary N) is 2. The highest BCUT2D eigenvalue weighted by atomic mass is 35.5. The molecule has 0 amide bonds. The second kappa shape index (κ2) is 6.64. The maximum absolute atomic E-state index is 12.5. The predicted molar refractivity (Wildman–Crippen MR) is 82.5 cm³/mol. The number of hydrogen-bond donors (Lipinski definition) is 2. The molecule has 0 atom stereocenters. The first-order valence-corrected chi connectivity index (χ1v) is 8.50. The van der Waals surface area contributed by atoms with Crippen LogP contribution >= 0.6 is 11.6 Å². The van der Waals surface area contributed by atoms with Crippen LogP contribution in [0.1, 0.15) is 24.1 Å². The molecule has 9 heteroatoms. The summed E-state index contributed by atoms with van der Waals surface area (Å²) in [6, 6.07) is 2.99. The molecule has 0 saturated carbocycles. The second-order valence-corrected chi connectivity index (χ2v) is 6.79. The number of hydrogen-bond acceptors (Lipinski definition) is 5.